The number of esters is 1. The highest BCUT2D eigenvalue weighted by Crippen LogP contribution is 2.29. The third-order valence-corrected chi connectivity index (χ3v) is 7.57. The number of likely N-dealkylation sites (tertiary alicyclic amines) is 1. The lowest BCUT2D eigenvalue weighted by Crippen LogP contribution is -2.40. The molecule has 1 amide bonds. The molecule has 0 N–H and O–H groups in total. The Morgan fingerprint density at radius 3 is 2.24 bits per heavy atom. The molecule has 0 spiro atoms. The van der Waals surface area contributed by atoms with E-state index in [9.17, 15) is 18.0 Å². The van der Waals surface area contributed by atoms with Gasteiger partial charge in [-0.05, 0) is 50.3 Å². The summed E-state index contributed by atoms with van der Waals surface area (Å²) < 4.78 is 37.7. The van der Waals surface area contributed by atoms with Crippen molar-refractivity contribution in [1.29, 1.82) is 0 Å². The van der Waals surface area contributed by atoms with Gasteiger partial charge in [0, 0.05) is 26.2 Å². The van der Waals surface area contributed by atoms with Gasteiger partial charge in [-0.2, -0.15) is 4.31 Å². The number of carbonyl (C=O) groups is 2. The van der Waals surface area contributed by atoms with Gasteiger partial charge in [0.2, 0.25) is 10.0 Å². The van der Waals surface area contributed by atoms with E-state index in [0.29, 0.717) is 31.7 Å². The van der Waals surface area contributed by atoms with Crippen LogP contribution in [0.3, 0.4) is 0 Å². The van der Waals surface area contributed by atoms with Gasteiger partial charge in [-0.1, -0.05) is 0 Å². The van der Waals surface area contributed by atoms with Crippen molar-refractivity contribution in [3.05, 3.63) is 23.8 Å². The zero-order valence-corrected chi connectivity index (χ0v) is 17.7. The first-order valence-electron chi connectivity index (χ1n) is 9.93. The van der Waals surface area contributed by atoms with Gasteiger partial charge in [0.25, 0.3) is 5.91 Å². The van der Waals surface area contributed by atoms with E-state index in [2.05, 4.69) is 0 Å². The molecular weight excluding hydrogens is 396 g/mol. The third kappa shape index (κ3) is 4.56. The molecule has 9 heteroatoms. The van der Waals surface area contributed by atoms with Crippen molar-refractivity contribution >= 4 is 21.9 Å². The Hall–Kier alpha value is -2.13. The summed E-state index contributed by atoms with van der Waals surface area (Å²) in [7, 11) is -0.971. The number of hydrogen-bond donors (Lipinski definition) is 0. The van der Waals surface area contributed by atoms with Gasteiger partial charge in [0.15, 0.2) is 0 Å². The lowest BCUT2D eigenvalue weighted by molar-refractivity contribution is -0.146. The van der Waals surface area contributed by atoms with E-state index >= 15 is 0 Å². The Kier molecular flexibility index (Phi) is 6.79. The van der Waals surface area contributed by atoms with E-state index in [1.165, 1.54) is 36.7 Å². The molecule has 0 atom stereocenters. The lowest BCUT2D eigenvalue weighted by Gasteiger charge is -2.30. The Balaban J connectivity index is 1.82. The van der Waals surface area contributed by atoms with Crippen LogP contribution in [-0.2, 0) is 19.6 Å². The van der Waals surface area contributed by atoms with Gasteiger partial charge in [-0.3, -0.25) is 9.59 Å². The molecular formula is C20H28N2O6S. The highest BCUT2D eigenvalue weighted by Gasteiger charge is 2.33. The van der Waals surface area contributed by atoms with Crippen LogP contribution in [0.2, 0.25) is 0 Å². The Morgan fingerprint density at radius 2 is 1.66 bits per heavy atom. The first kappa shape index (κ1) is 21.6. The monoisotopic (exact) mass is 424 g/mol. The number of ether oxygens (including phenoxy) is 2. The molecule has 2 saturated heterocycles. The molecule has 0 bridgehead atoms. The molecule has 0 saturated carbocycles. The van der Waals surface area contributed by atoms with E-state index in [-0.39, 0.29) is 41.3 Å². The maximum absolute atomic E-state index is 13.1. The maximum atomic E-state index is 13.1. The molecule has 0 unspecified atom stereocenters. The van der Waals surface area contributed by atoms with Crippen LogP contribution < -0.4 is 4.74 Å². The summed E-state index contributed by atoms with van der Waals surface area (Å²) >= 11 is 0. The zero-order chi connectivity index (χ0) is 21.0. The van der Waals surface area contributed by atoms with Crippen molar-refractivity contribution in [2.24, 2.45) is 5.92 Å². The molecule has 29 heavy (non-hydrogen) atoms. The standard InChI is InChI=1S/C20H28N2O6S/c1-27-18-7-6-16(14-17(18)19(23)21-10-4-3-5-11-21)29(25,26)22-12-8-15(9-13-22)20(24)28-2/h6-7,14-15H,3-5,8-13H2,1-2H3. The van der Waals surface area contributed by atoms with E-state index in [0.717, 1.165) is 19.3 Å². The van der Waals surface area contributed by atoms with Gasteiger partial charge < -0.3 is 14.4 Å². The molecule has 0 aromatic heterocycles. The fourth-order valence-electron chi connectivity index (χ4n) is 3.93. The number of benzene rings is 1. The van der Waals surface area contributed by atoms with Crippen LogP contribution in [0.1, 0.15) is 42.5 Å². The number of piperidine rings is 2. The van der Waals surface area contributed by atoms with Crippen LogP contribution in [0.5, 0.6) is 5.75 Å². The normalized spacial score (nSPS) is 19.0. The molecule has 8 nitrogen and oxygen atoms in total. The first-order valence-corrected chi connectivity index (χ1v) is 11.4. The first-order chi connectivity index (χ1) is 13.9. The van der Waals surface area contributed by atoms with Gasteiger partial charge in [0.1, 0.15) is 5.75 Å². The summed E-state index contributed by atoms with van der Waals surface area (Å²) in [6.07, 6.45) is 3.82. The minimum absolute atomic E-state index is 0.0650. The van der Waals surface area contributed by atoms with Crippen LogP contribution in [-0.4, -0.2) is 69.9 Å². The maximum Gasteiger partial charge on any atom is 0.308 e. The average molecular weight is 425 g/mol. The molecule has 160 valence electrons. The minimum Gasteiger partial charge on any atom is -0.496 e. The van der Waals surface area contributed by atoms with Gasteiger partial charge >= 0.3 is 5.97 Å². The smallest absolute Gasteiger partial charge is 0.308 e. The van der Waals surface area contributed by atoms with E-state index in [1.54, 1.807) is 4.90 Å². The predicted molar refractivity (Wildman–Crippen MR) is 106 cm³/mol. The van der Waals surface area contributed by atoms with Crippen LogP contribution in [0.25, 0.3) is 0 Å². The van der Waals surface area contributed by atoms with Crippen molar-refractivity contribution in [1.82, 2.24) is 9.21 Å². The fraction of sp³-hybridized carbons (Fsp3) is 0.600. The van der Waals surface area contributed by atoms with Crippen molar-refractivity contribution < 1.29 is 27.5 Å². The van der Waals surface area contributed by atoms with E-state index < -0.39 is 10.0 Å². The number of carbonyl (C=O) groups excluding carboxylic acids is 2. The van der Waals surface area contributed by atoms with Gasteiger partial charge in [-0.25, -0.2) is 8.42 Å². The number of amides is 1. The predicted octanol–water partition coefficient (Wildman–Crippen LogP) is 1.89. The lowest BCUT2D eigenvalue weighted by atomic mass is 9.99. The molecule has 2 fully saturated rings. The summed E-state index contributed by atoms with van der Waals surface area (Å²) in [6, 6.07) is 4.41. The summed E-state index contributed by atoms with van der Waals surface area (Å²) in [6.45, 7) is 1.81. The Labute approximate surface area is 171 Å². The summed E-state index contributed by atoms with van der Waals surface area (Å²) in [5.41, 5.74) is 0.264. The second-order valence-corrected chi connectivity index (χ2v) is 9.35. The third-order valence-electron chi connectivity index (χ3n) is 5.67. The molecule has 1 aromatic rings. The van der Waals surface area contributed by atoms with Crippen molar-refractivity contribution in [3.8, 4) is 5.75 Å². The number of rotatable bonds is 5. The Morgan fingerprint density at radius 1 is 1.00 bits per heavy atom. The highest BCUT2D eigenvalue weighted by molar-refractivity contribution is 7.89. The van der Waals surface area contributed by atoms with Gasteiger partial charge in [-0.15, -0.1) is 0 Å². The largest absolute Gasteiger partial charge is 0.496 e. The summed E-state index contributed by atoms with van der Waals surface area (Å²) in [5, 5.41) is 0. The molecule has 0 aliphatic carbocycles. The quantitative estimate of drug-likeness (QED) is 0.670. The molecule has 1 aromatic carbocycles. The number of nitrogens with zero attached hydrogens (tertiary/aromatic N) is 2. The second kappa shape index (κ2) is 9.13. The van der Waals surface area contributed by atoms with Gasteiger partial charge in [0.05, 0.1) is 30.6 Å². The molecule has 2 aliphatic rings. The van der Waals surface area contributed by atoms with Crippen molar-refractivity contribution in [2.45, 2.75) is 37.0 Å². The van der Waals surface area contributed by atoms with Crippen molar-refractivity contribution in [2.75, 3.05) is 40.4 Å². The molecule has 2 heterocycles. The topological polar surface area (TPSA) is 93.2 Å². The molecule has 3 rings (SSSR count). The minimum atomic E-state index is -3.77. The SMILES string of the molecule is COC(=O)C1CCN(S(=O)(=O)c2ccc(OC)c(C(=O)N3CCCCC3)c2)CC1. The Bertz CT molecular complexity index is 856. The van der Waals surface area contributed by atoms with Crippen LogP contribution in [0.4, 0.5) is 0 Å². The average Bonchev–Trinajstić information content (AvgIpc) is 2.78. The van der Waals surface area contributed by atoms with Crippen LogP contribution in [0.15, 0.2) is 23.1 Å². The van der Waals surface area contributed by atoms with E-state index in [1.807, 2.05) is 0 Å². The fourth-order valence-corrected chi connectivity index (χ4v) is 5.43. The molecule has 2 aliphatic heterocycles. The highest BCUT2D eigenvalue weighted by atomic mass is 32.2. The van der Waals surface area contributed by atoms with Crippen LogP contribution >= 0.6 is 0 Å². The zero-order valence-electron chi connectivity index (χ0n) is 16.9. The van der Waals surface area contributed by atoms with Crippen molar-refractivity contribution in [3.63, 3.8) is 0 Å². The second-order valence-electron chi connectivity index (χ2n) is 7.42. The van der Waals surface area contributed by atoms with E-state index in [4.69, 9.17) is 9.47 Å². The van der Waals surface area contributed by atoms with Crippen LogP contribution in [0, 0.1) is 5.92 Å². The summed E-state index contributed by atoms with van der Waals surface area (Å²) in [4.78, 5) is 26.5. The number of methoxy groups -OCH3 is 2. The number of sulfonamides is 1. The molecule has 0 radical (unpaired) electrons. The summed E-state index contributed by atoms with van der Waals surface area (Å²) in [5.74, 6) is -0.425. The number of hydrogen-bond acceptors (Lipinski definition) is 6.